The van der Waals surface area contributed by atoms with Crippen molar-refractivity contribution in [3.05, 3.63) is 29.8 Å². The Morgan fingerprint density at radius 2 is 1.94 bits per heavy atom. The van der Waals surface area contributed by atoms with Crippen LogP contribution in [0.1, 0.15) is 51.0 Å². The standard InChI is InChI=1S/C16H25NO/c1-13(15-8-4-2-3-5-9-15)17-12-14-7-6-10-16(18)11-14/h6-7,10-11,13,15,17-18H,2-5,8-9,12H2,1H3/t13-/m0/s1. The van der Waals surface area contributed by atoms with E-state index in [-0.39, 0.29) is 0 Å². The van der Waals surface area contributed by atoms with Gasteiger partial charge in [0, 0.05) is 12.6 Å². The summed E-state index contributed by atoms with van der Waals surface area (Å²) in [5.41, 5.74) is 1.16. The minimum Gasteiger partial charge on any atom is -0.508 e. The molecule has 2 N–H and O–H groups in total. The number of nitrogens with one attached hydrogen (secondary N) is 1. The third-order valence-corrected chi connectivity index (χ3v) is 4.15. The summed E-state index contributed by atoms with van der Waals surface area (Å²) in [5, 5.41) is 13.0. The molecule has 1 aliphatic carbocycles. The van der Waals surface area contributed by atoms with Crippen LogP contribution in [0.4, 0.5) is 0 Å². The molecule has 1 fully saturated rings. The van der Waals surface area contributed by atoms with Gasteiger partial charge in [-0.3, -0.25) is 0 Å². The number of phenolic OH excluding ortho intramolecular Hbond substituents is 1. The van der Waals surface area contributed by atoms with E-state index in [0.717, 1.165) is 18.0 Å². The first-order chi connectivity index (χ1) is 8.75. The van der Waals surface area contributed by atoms with E-state index in [4.69, 9.17) is 0 Å². The number of hydrogen-bond donors (Lipinski definition) is 2. The minimum absolute atomic E-state index is 0.358. The molecule has 2 heteroatoms. The maximum atomic E-state index is 9.44. The first-order valence-corrected chi connectivity index (χ1v) is 7.27. The van der Waals surface area contributed by atoms with Crippen molar-refractivity contribution in [2.24, 2.45) is 5.92 Å². The van der Waals surface area contributed by atoms with Gasteiger partial charge in [0.15, 0.2) is 0 Å². The molecule has 0 unspecified atom stereocenters. The van der Waals surface area contributed by atoms with E-state index in [0.29, 0.717) is 11.8 Å². The Hall–Kier alpha value is -1.02. The molecule has 1 saturated carbocycles. The summed E-state index contributed by atoms with van der Waals surface area (Å²) in [7, 11) is 0. The zero-order valence-corrected chi connectivity index (χ0v) is 11.4. The van der Waals surface area contributed by atoms with Crippen molar-refractivity contribution < 1.29 is 5.11 Å². The molecule has 0 heterocycles. The predicted molar refractivity (Wildman–Crippen MR) is 75.6 cm³/mol. The van der Waals surface area contributed by atoms with Crippen molar-refractivity contribution in [3.8, 4) is 5.75 Å². The van der Waals surface area contributed by atoms with Crippen molar-refractivity contribution in [2.75, 3.05) is 0 Å². The van der Waals surface area contributed by atoms with E-state index < -0.39 is 0 Å². The van der Waals surface area contributed by atoms with Gasteiger partial charge in [-0.05, 0) is 43.4 Å². The number of phenols is 1. The summed E-state index contributed by atoms with van der Waals surface area (Å²) in [6, 6.07) is 8.10. The summed E-state index contributed by atoms with van der Waals surface area (Å²) in [6.07, 6.45) is 8.35. The lowest BCUT2D eigenvalue weighted by Crippen LogP contribution is -2.32. The zero-order chi connectivity index (χ0) is 12.8. The van der Waals surface area contributed by atoms with Gasteiger partial charge in [-0.15, -0.1) is 0 Å². The van der Waals surface area contributed by atoms with Crippen LogP contribution in [0.3, 0.4) is 0 Å². The highest BCUT2D eigenvalue weighted by atomic mass is 16.3. The second-order valence-corrected chi connectivity index (χ2v) is 5.59. The van der Waals surface area contributed by atoms with Gasteiger partial charge in [-0.1, -0.05) is 37.8 Å². The second-order valence-electron chi connectivity index (χ2n) is 5.59. The van der Waals surface area contributed by atoms with Crippen LogP contribution in [0.25, 0.3) is 0 Å². The molecule has 0 aromatic heterocycles. The van der Waals surface area contributed by atoms with E-state index in [2.05, 4.69) is 18.3 Å². The number of hydrogen-bond acceptors (Lipinski definition) is 2. The maximum Gasteiger partial charge on any atom is 0.115 e. The summed E-state index contributed by atoms with van der Waals surface area (Å²) in [6.45, 7) is 3.16. The van der Waals surface area contributed by atoms with Crippen molar-refractivity contribution >= 4 is 0 Å². The molecule has 1 aliphatic rings. The van der Waals surface area contributed by atoms with Crippen LogP contribution in [-0.2, 0) is 6.54 Å². The molecular formula is C16H25NO. The molecule has 0 amide bonds. The second kappa shape index (κ2) is 6.79. The predicted octanol–water partition coefficient (Wildman–Crippen LogP) is 3.84. The molecule has 1 aromatic rings. The quantitative estimate of drug-likeness (QED) is 0.792. The molecule has 18 heavy (non-hydrogen) atoms. The molecule has 1 atom stereocenters. The third-order valence-electron chi connectivity index (χ3n) is 4.15. The van der Waals surface area contributed by atoms with Crippen LogP contribution in [0.5, 0.6) is 5.75 Å². The lowest BCUT2D eigenvalue weighted by atomic mass is 9.93. The lowest BCUT2D eigenvalue weighted by Gasteiger charge is -2.23. The molecule has 100 valence electrons. The Morgan fingerprint density at radius 1 is 1.22 bits per heavy atom. The summed E-state index contributed by atoms with van der Waals surface area (Å²) < 4.78 is 0. The van der Waals surface area contributed by atoms with Crippen LogP contribution in [0, 0.1) is 5.92 Å². The number of benzene rings is 1. The Balaban J connectivity index is 1.81. The monoisotopic (exact) mass is 247 g/mol. The van der Waals surface area contributed by atoms with Gasteiger partial charge in [0.1, 0.15) is 5.75 Å². The normalized spacial score (nSPS) is 19.4. The minimum atomic E-state index is 0.358. The summed E-state index contributed by atoms with van der Waals surface area (Å²) in [4.78, 5) is 0. The molecule has 1 aromatic carbocycles. The molecular weight excluding hydrogens is 222 g/mol. The highest BCUT2D eigenvalue weighted by molar-refractivity contribution is 5.26. The molecule has 2 nitrogen and oxygen atoms in total. The zero-order valence-electron chi connectivity index (χ0n) is 11.4. The van der Waals surface area contributed by atoms with Crippen molar-refractivity contribution in [2.45, 2.75) is 58.0 Å². The Labute approximate surface area is 110 Å². The summed E-state index contributed by atoms with van der Waals surface area (Å²) >= 11 is 0. The van der Waals surface area contributed by atoms with Crippen molar-refractivity contribution in [1.82, 2.24) is 5.32 Å². The average molecular weight is 247 g/mol. The van der Waals surface area contributed by atoms with Crippen LogP contribution in [-0.4, -0.2) is 11.1 Å². The highest BCUT2D eigenvalue weighted by Crippen LogP contribution is 2.25. The van der Waals surface area contributed by atoms with Gasteiger partial charge in [0.2, 0.25) is 0 Å². The van der Waals surface area contributed by atoms with Crippen LogP contribution in [0.2, 0.25) is 0 Å². The first kappa shape index (κ1) is 13.4. The fourth-order valence-corrected chi connectivity index (χ4v) is 2.92. The van der Waals surface area contributed by atoms with Crippen LogP contribution >= 0.6 is 0 Å². The Kier molecular flexibility index (Phi) is 5.06. The van der Waals surface area contributed by atoms with E-state index in [1.807, 2.05) is 12.1 Å². The first-order valence-electron chi connectivity index (χ1n) is 7.27. The molecule has 0 aliphatic heterocycles. The fourth-order valence-electron chi connectivity index (χ4n) is 2.92. The van der Waals surface area contributed by atoms with Crippen molar-refractivity contribution in [1.29, 1.82) is 0 Å². The van der Waals surface area contributed by atoms with Gasteiger partial charge in [-0.25, -0.2) is 0 Å². The number of rotatable bonds is 4. The fraction of sp³-hybridized carbons (Fsp3) is 0.625. The van der Waals surface area contributed by atoms with E-state index in [9.17, 15) is 5.11 Å². The average Bonchev–Trinajstić information content (AvgIpc) is 2.65. The van der Waals surface area contributed by atoms with Gasteiger partial charge in [0.25, 0.3) is 0 Å². The largest absolute Gasteiger partial charge is 0.508 e. The summed E-state index contributed by atoms with van der Waals surface area (Å²) in [5.74, 6) is 1.18. The lowest BCUT2D eigenvalue weighted by molar-refractivity contribution is 0.336. The highest BCUT2D eigenvalue weighted by Gasteiger charge is 2.18. The smallest absolute Gasteiger partial charge is 0.115 e. The topological polar surface area (TPSA) is 32.3 Å². The Bertz CT molecular complexity index is 356. The molecule has 2 rings (SSSR count). The van der Waals surface area contributed by atoms with Gasteiger partial charge in [-0.2, -0.15) is 0 Å². The molecule has 0 bridgehead atoms. The molecule has 0 spiro atoms. The van der Waals surface area contributed by atoms with Gasteiger partial charge >= 0.3 is 0 Å². The maximum absolute atomic E-state index is 9.44. The number of aromatic hydroxyl groups is 1. The van der Waals surface area contributed by atoms with E-state index in [1.165, 1.54) is 38.5 Å². The van der Waals surface area contributed by atoms with E-state index in [1.54, 1.807) is 6.07 Å². The van der Waals surface area contributed by atoms with Crippen molar-refractivity contribution in [3.63, 3.8) is 0 Å². The Morgan fingerprint density at radius 3 is 2.61 bits per heavy atom. The third kappa shape index (κ3) is 4.02. The molecule has 0 radical (unpaired) electrons. The van der Waals surface area contributed by atoms with Gasteiger partial charge in [0.05, 0.1) is 0 Å². The van der Waals surface area contributed by atoms with Crippen LogP contribution in [0.15, 0.2) is 24.3 Å². The van der Waals surface area contributed by atoms with Gasteiger partial charge < -0.3 is 10.4 Å². The van der Waals surface area contributed by atoms with E-state index >= 15 is 0 Å². The SMILES string of the molecule is C[C@H](NCc1cccc(O)c1)C1CCCCCC1. The van der Waals surface area contributed by atoms with Crippen LogP contribution < -0.4 is 5.32 Å². The molecule has 0 saturated heterocycles.